The molecule has 234 valence electrons. The van der Waals surface area contributed by atoms with Gasteiger partial charge in [-0.15, -0.1) is 13.2 Å². The lowest BCUT2D eigenvalue weighted by Gasteiger charge is -2.27. The smallest absolute Gasteiger partial charge is 0.457 e. The fourth-order valence-electron chi connectivity index (χ4n) is 4.27. The highest BCUT2D eigenvalue weighted by molar-refractivity contribution is 8.00. The van der Waals surface area contributed by atoms with E-state index >= 15 is 0 Å². The Morgan fingerprint density at radius 2 is 1.25 bits per heavy atom. The molecule has 4 aromatic rings. The van der Waals surface area contributed by atoms with Crippen LogP contribution < -0.4 is 14.8 Å². The third-order valence-electron chi connectivity index (χ3n) is 6.08. The van der Waals surface area contributed by atoms with E-state index in [2.05, 4.69) is 10.1 Å². The Bertz CT molecular complexity index is 1540. The van der Waals surface area contributed by atoms with Crippen LogP contribution in [0.4, 0.5) is 39.5 Å². The van der Waals surface area contributed by atoms with E-state index in [1.807, 2.05) is 0 Å². The van der Waals surface area contributed by atoms with Crippen molar-refractivity contribution in [3.05, 3.63) is 119 Å². The van der Waals surface area contributed by atoms with Crippen LogP contribution in [0.25, 0.3) is 0 Å². The van der Waals surface area contributed by atoms with Crippen LogP contribution in [0.3, 0.4) is 0 Å². The van der Waals surface area contributed by atoms with Crippen LogP contribution in [0.15, 0.2) is 102 Å². The molecule has 0 aliphatic rings. The Kier molecular flexibility index (Phi) is 10.1. The van der Waals surface area contributed by atoms with Gasteiger partial charge in [0.1, 0.15) is 17.2 Å². The summed E-state index contributed by atoms with van der Waals surface area (Å²) >= 11 is -0.345. The number of nitrogens with one attached hydrogen (secondary N) is 1. The zero-order valence-electron chi connectivity index (χ0n) is 22.2. The number of aliphatic hydroxyl groups excluding tert-OH is 1. The Morgan fingerprint density at radius 3 is 1.86 bits per heavy atom. The molecule has 44 heavy (non-hydrogen) atoms. The molecule has 4 nitrogen and oxygen atoms in total. The molecule has 0 heterocycles. The molecule has 4 rings (SSSR count). The van der Waals surface area contributed by atoms with Gasteiger partial charge in [-0.2, -0.15) is 26.3 Å². The average Bonchev–Trinajstić information content (AvgIpc) is 2.93. The summed E-state index contributed by atoms with van der Waals surface area (Å²) in [6.07, 6.45) is -9.53. The van der Waals surface area contributed by atoms with E-state index in [1.54, 1.807) is 12.1 Å². The van der Waals surface area contributed by atoms with Gasteiger partial charge >= 0.3 is 18.0 Å². The lowest BCUT2D eigenvalue weighted by molar-refractivity contribution is -0.274. The standard InChI is InChI=1S/C30H22F9NO3S/c31-28(32,33)21-7-1-4-18(14-21)26(17-41)40-27(20-6-3-9-25(16-20)44-30(37,38)39)19-5-2-8-24(15-19)42-22-10-12-23(13-11-22)43-29(34,35)36/h1-16,26-27,40-41H,17H2. The van der Waals surface area contributed by atoms with Crippen molar-refractivity contribution < 1.29 is 54.1 Å². The van der Waals surface area contributed by atoms with Gasteiger partial charge in [0.25, 0.3) is 0 Å². The molecule has 0 fully saturated rings. The predicted molar refractivity (Wildman–Crippen MR) is 144 cm³/mol. The number of aliphatic hydroxyl groups is 1. The number of rotatable bonds is 10. The van der Waals surface area contributed by atoms with Crippen molar-refractivity contribution in [2.45, 2.75) is 35.0 Å². The largest absolute Gasteiger partial charge is 0.573 e. The van der Waals surface area contributed by atoms with Crippen LogP contribution in [0.2, 0.25) is 0 Å². The second-order valence-corrected chi connectivity index (χ2v) is 10.4. The van der Waals surface area contributed by atoms with Crippen molar-refractivity contribution in [1.82, 2.24) is 5.32 Å². The summed E-state index contributed by atoms with van der Waals surface area (Å²) in [5.41, 5.74) is -4.74. The first-order valence-corrected chi connectivity index (χ1v) is 13.4. The second kappa shape index (κ2) is 13.4. The molecule has 14 heteroatoms. The predicted octanol–water partition coefficient (Wildman–Crippen LogP) is 9.42. The number of thioether (sulfide) groups is 1. The highest BCUT2D eigenvalue weighted by Crippen LogP contribution is 2.39. The van der Waals surface area contributed by atoms with Crippen LogP contribution in [0.1, 0.15) is 34.3 Å². The molecule has 2 N–H and O–H groups in total. The maximum absolute atomic E-state index is 13.4. The number of hydrogen-bond donors (Lipinski definition) is 2. The van der Waals surface area contributed by atoms with E-state index in [4.69, 9.17) is 4.74 Å². The summed E-state index contributed by atoms with van der Waals surface area (Å²) in [7, 11) is 0. The lowest BCUT2D eigenvalue weighted by Crippen LogP contribution is -2.30. The lowest BCUT2D eigenvalue weighted by atomic mass is 9.95. The number of benzene rings is 4. The van der Waals surface area contributed by atoms with Gasteiger partial charge in [0.2, 0.25) is 0 Å². The summed E-state index contributed by atoms with van der Waals surface area (Å²) in [5, 5.41) is 13.2. The second-order valence-electron chi connectivity index (χ2n) is 9.27. The highest BCUT2D eigenvalue weighted by Gasteiger charge is 2.33. The molecular weight excluding hydrogens is 625 g/mol. The van der Waals surface area contributed by atoms with Gasteiger partial charge in [-0.3, -0.25) is 5.32 Å². The molecule has 0 aliphatic heterocycles. The third-order valence-corrected chi connectivity index (χ3v) is 6.80. The molecule has 2 unspecified atom stereocenters. The summed E-state index contributed by atoms with van der Waals surface area (Å²) in [4.78, 5) is -0.144. The van der Waals surface area contributed by atoms with Crippen LogP contribution >= 0.6 is 11.8 Å². The van der Waals surface area contributed by atoms with Crippen LogP contribution in [0, 0.1) is 0 Å². The van der Waals surface area contributed by atoms with Gasteiger partial charge in [0, 0.05) is 4.90 Å². The van der Waals surface area contributed by atoms with Crippen LogP contribution in [-0.2, 0) is 6.18 Å². The van der Waals surface area contributed by atoms with Crippen molar-refractivity contribution >= 4 is 11.8 Å². The van der Waals surface area contributed by atoms with Gasteiger partial charge in [-0.05, 0) is 89.1 Å². The SMILES string of the molecule is OCC(NC(c1cccc(Oc2ccc(OC(F)(F)F)cc2)c1)c1cccc(SC(F)(F)F)c1)c1cccc(C(F)(F)F)c1. The first-order chi connectivity index (χ1) is 20.6. The van der Waals surface area contributed by atoms with Gasteiger partial charge < -0.3 is 14.6 Å². The van der Waals surface area contributed by atoms with Crippen molar-refractivity contribution in [2.75, 3.05) is 6.61 Å². The maximum atomic E-state index is 13.4. The molecule has 0 saturated heterocycles. The Hall–Kier alpha value is -3.88. The monoisotopic (exact) mass is 647 g/mol. The van der Waals surface area contributed by atoms with Crippen LogP contribution in [-0.4, -0.2) is 23.6 Å². The van der Waals surface area contributed by atoms with Gasteiger partial charge in [-0.1, -0.05) is 36.4 Å². The normalized spacial score (nSPS) is 13.8. The minimum absolute atomic E-state index is 0.0849. The molecule has 0 aliphatic carbocycles. The van der Waals surface area contributed by atoms with Gasteiger partial charge in [0.05, 0.1) is 24.3 Å². The molecule has 4 aromatic carbocycles. The molecule has 0 radical (unpaired) electrons. The number of halogens is 9. The van der Waals surface area contributed by atoms with E-state index in [9.17, 15) is 44.6 Å². The molecule has 0 amide bonds. The molecule has 0 bridgehead atoms. The van der Waals surface area contributed by atoms with E-state index in [1.165, 1.54) is 60.7 Å². The third kappa shape index (κ3) is 9.56. The quantitative estimate of drug-likeness (QED) is 0.133. The molecule has 0 aromatic heterocycles. The van der Waals surface area contributed by atoms with Crippen molar-refractivity contribution in [2.24, 2.45) is 0 Å². The highest BCUT2D eigenvalue weighted by atomic mass is 32.2. The number of hydrogen-bond acceptors (Lipinski definition) is 5. The first kappa shape index (κ1) is 33.0. The number of ether oxygens (including phenoxy) is 2. The summed E-state index contributed by atoms with van der Waals surface area (Å²) in [6, 6.07) is 18.4. The zero-order valence-corrected chi connectivity index (χ0v) is 23.0. The summed E-state index contributed by atoms with van der Waals surface area (Å²) in [5.74, 6) is -0.134. The summed E-state index contributed by atoms with van der Waals surface area (Å²) in [6.45, 7) is -0.655. The molecule has 0 spiro atoms. The Morgan fingerprint density at radius 1 is 0.659 bits per heavy atom. The fourth-order valence-corrected chi connectivity index (χ4v) is 4.88. The zero-order chi connectivity index (χ0) is 32.1. The fraction of sp³-hybridized carbons (Fsp3) is 0.200. The molecule has 2 atom stereocenters. The number of alkyl halides is 9. The van der Waals surface area contributed by atoms with E-state index in [0.717, 1.165) is 24.3 Å². The Balaban J connectivity index is 1.69. The maximum Gasteiger partial charge on any atom is 0.573 e. The molecular formula is C30H22F9NO3S. The van der Waals surface area contributed by atoms with Gasteiger partial charge in [-0.25, -0.2) is 0 Å². The van der Waals surface area contributed by atoms with Crippen molar-refractivity contribution in [3.63, 3.8) is 0 Å². The van der Waals surface area contributed by atoms with Gasteiger partial charge in [0.15, 0.2) is 0 Å². The van der Waals surface area contributed by atoms with E-state index < -0.39 is 48.1 Å². The Labute approximate surface area is 249 Å². The molecule has 0 saturated carbocycles. The van der Waals surface area contributed by atoms with Crippen LogP contribution in [0.5, 0.6) is 17.2 Å². The first-order valence-electron chi connectivity index (χ1n) is 12.6. The van der Waals surface area contributed by atoms with Crippen molar-refractivity contribution in [3.8, 4) is 17.2 Å². The minimum atomic E-state index is -4.88. The topological polar surface area (TPSA) is 50.7 Å². The minimum Gasteiger partial charge on any atom is -0.457 e. The van der Waals surface area contributed by atoms with E-state index in [-0.39, 0.29) is 33.7 Å². The van der Waals surface area contributed by atoms with E-state index in [0.29, 0.717) is 11.1 Å². The summed E-state index contributed by atoms with van der Waals surface area (Å²) < 4.78 is 127. The van der Waals surface area contributed by atoms with Crippen molar-refractivity contribution in [1.29, 1.82) is 0 Å². The average molecular weight is 648 g/mol.